The van der Waals surface area contributed by atoms with Crippen molar-refractivity contribution < 1.29 is 5.11 Å². The molecule has 1 aliphatic carbocycles. The number of hydrogen-bond acceptors (Lipinski definition) is 1. The van der Waals surface area contributed by atoms with Gasteiger partial charge in [0.2, 0.25) is 0 Å². The van der Waals surface area contributed by atoms with Gasteiger partial charge in [0.1, 0.15) is 5.76 Å². The van der Waals surface area contributed by atoms with E-state index in [1.54, 1.807) is 6.08 Å². The molecule has 1 nitrogen and oxygen atoms in total. The number of hydrogen-bond donors (Lipinski definition) is 1. The topological polar surface area (TPSA) is 20.2 Å². The average molecular weight is 541 g/mol. The molecule has 1 unspecified atom stereocenters. The van der Waals surface area contributed by atoms with Gasteiger partial charge in [-0.05, 0) is 68.3 Å². The summed E-state index contributed by atoms with van der Waals surface area (Å²) < 4.78 is 0. The van der Waals surface area contributed by atoms with Crippen molar-refractivity contribution in [1.29, 1.82) is 0 Å². The summed E-state index contributed by atoms with van der Waals surface area (Å²) >= 11 is 0. The van der Waals surface area contributed by atoms with E-state index in [2.05, 4.69) is 116 Å². The maximum Gasteiger partial charge on any atom is 0.123 e. The largest absolute Gasteiger partial charge is 0.507 e. The fourth-order valence-corrected chi connectivity index (χ4v) is 5.52. The summed E-state index contributed by atoms with van der Waals surface area (Å²) in [4.78, 5) is 0. The first-order valence-corrected chi connectivity index (χ1v) is 14.2. The van der Waals surface area contributed by atoms with Gasteiger partial charge >= 0.3 is 0 Å². The molecule has 0 aliphatic heterocycles. The van der Waals surface area contributed by atoms with Crippen LogP contribution in [0, 0.1) is 0 Å². The van der Waals surface area contributed by atoms with Gasteiger partial charge in [-0.2, -0.15) is 0 Å². The van der Waals surface area contributed by atoms with E-state index in [0.29, 0.717) is 0 Å². The molecule has 42 heavy (non-hydrogen) atoms. The predicted octanol–water partition coefficient (Wildman–Crippen LogP) is 10.9. The summed E-state index contributed by atoms with van der Waals surface area (Å²) in [5.74, 6) is 0.283. The molecule has 0 saturated carbocycles. The predicted molar refractivity (Wildman–Crippen MR) is 179 cm³/mol. The van der Waals surface area contributed by atoms with Crippen molar-refractivity contribution in [2.24, 2.45) is 0 Å². The molecular formula is C41H32O. The van der Waals surface area contributed by atoms with Crippen LogP contribution < -0.4 is 0 Å². The van der Waals surface area contributed by atoms with Gasteiger partial charge in [-0.1, -0.05) is 158 Å². The highest BCUT2D eigenvalue weighted by Gasteiger charge is 2.18. The fourth-order valence-electron chi connectivity index (χ4n) is 5.52. The summed E-state index contributed by atoms with van der Waals surface area (Å²) in [5, 5.41) is 11.5. The van der Waals surface area contributed by atoms with Gasteiger partial charge in [-0.25, -0.2) is 0 Å². The van der Waals surface area contributed by atoms with Crippen LogP contribution in [0.3, 0.4) is 0 Å². The molecule has 1 atom stereocenters. The van der Waals surface area contributed by atoms with Crippen LogP contribution in [0.4, 0.5) is 0 Å². The van der Waals surface area contributed by atoms with Crippen LogP contribution in [0.5, 0.6) is 0 Å². The number of benzene rings is 5. The summed E-state index contributed by atoms with van der Waals surface area (Å²) in [7, 11) is 0. The van der Waals surface area contributed by atoms with Crippen molar-refractivity contribution in [2.75, 3.05) is 0 Å². The minimum atomic E-state index is 0.0559. The molecule has 0 aromatic heterocycles. The molecule has 0 bridgehead atoms. The SMILES string of the molecule is C=C/C=C(\C=C(/O)c1ccccc1C1C=CC(c2cccc(-c3ccccc3)c2)=C1)c1cccc(-c2ccccc2)c1. The van der Waals surface area contributed by atoms with Crippen LogP contribution in [0.1, 0.15) is 28.2 Å². The Morgan fingerprint density at radius 1 is 0.619 bits per heavy atom. The molecular weight excluding hydrogens is 508 g/mol. The summed E-state index contributed by atoms with van der Waals surface area (Å²) in [6, 6.07) is 45.9. The van der Waals surface area contributed by atoms with Crippen molar-refractivity contribution in [2.45, 2.75) is 5.92 Å². The van der Waals surface area contributed by atoms with Crippen LogP contribution in [-0.2, 0) is 0 Å². The molecule has 0 amide bonds. The molecule has 0 saturated heterocycles. The third kappa shape index (κ3) is 5.87. The zero-order chi connectivity index (χ0) is 28.7. The minimum Gasteiger partial charge on any atom is -0.507 e. The maximum atomic E-state index is 11.5. The molecule has 0 fully saturated rings. The number of allylic oxidation sites excluding steroid dienone is 8. The Labute approximate surface area is 248 Å². The lowest BCUT2D eigenvalue weighted by Crippen LogP contribution is -1.97. The van der Waals surface area contributed by atoms with Gasteiger partial charge in [0.05, 0.1) is 0 Å². The van der Waals surface area contributed by atoms with Crippen LogP contribution in [0.25, 0.3) is 39.2 Å². The minimum absolute atomic E-state index is 0.0559. The first kappa shape index (κ1) is 26.8. The smallest absolute Gasteiger partial charge is 0.123 e. The van der Waals surface area contributed by atoms with Crippen LogP contribution in [-0.4, -0.2) is 5.11 Å². The highest BCUT2D eigenvalue weighted by Crippen LogP contribution is 2.36. The van der Waals surface area contributed by atoms with Gasteiger partial charge in [-0.15, -0.1) is 0 Å². The standard InChI is InChI=1S/C41H32O/c1-2-13-32(35-20-11-18-33(26-35)30-14-5-3-6-15-30)29-41(42)40-23-10-9-22-39(40)38-25-24-37(28-38)36-21-12-19-34(27-36)31-16-7-4-8-17-31/h2-29,38,42H,1H2/b32-13+,41-29-. The molecule has 0 radical (unpaired) electrons. The zero-order valence-corrected chi connectivity index (χ0v) is 23.4. The van der Waals surface area contributed by atoms with Gasteiger partial charge < -0.3 is 5.11 Å². The van der Waals surface area contributed by atoms with E-state index in [1.807, 2.05) is 54.6 Å². The van der Waals surface area contributed by atoms with E-state index in [1.165, 1.54) is 22.3 Å². The Morgan fingerprint density at radius 2 is 1.21 bits per heavy atom. The van der Waals surface area contributed by atoms with E-state index < -0.39 is 0 Å². The average Bonchev–Trinajstić information content (AvgIpc) is 3.56. The fraction of sp³-hybridized carbons (Fsp3) is 0.0244. The molecule has 0 spiro atoms. The quantitative estimate of drug-likeness (QED) is 0.153. The Kier molecular flexibility index (Phi) is 7.92. The third-order valence-corrected chi connectivity index (χ3v) is 7.63. The first-order valence-electron chi connectivity index (χ1n) is 14.2. The van der Waals surface area contributed by atoms with Gasteiger partial charge in [-0.3, -0.25) is 0 Å². The monoisotopic (exact) mass is 540 g/mol. The highest BCUT2D eigenvalue weighted by molar-refractivity contribution is 5.86. The lowest BCUT2D eigenvalue weighted by molar-refractivity contribution is 0.511. The molecule has 1 heteroatoms. The van der Waals surface area contributed by atoms with E-state index >= 15 is 0 Å². The number of rotatable bonds is 8. The molecule has 1 aliphatic rings. The lowest BCUT2D eigenvalue weighted by Gasteiger charge is -2.14. The maximum absolute atomic E-state index is 11.5. The van der Waals surface area contributed by atoms with Crippen molar-refractivity contribution >= 4 is 16.9 Å². The van der Waals surface area contributed by atoms with Crippen LogP contribution in [0.2, 0.25) is 0 Å². The Morgan fingerprint density at radius 3 is 1.93 bits per heavy atom. The second-order valence-corrected chi connectivity index (χ2v) is 10.4. The Bertz CT molecular complexity index is 1830. The van der Waals surface area contributed by atoms with E-state index in [9.17, 15) is 5.11 Å². The molecule has 202 valence electrons. The second kappa shape index (κ2) is 12.4. The lowest BCUT2D eigenvalue weighted by atomic mass is 9.92. The molecule has 5 aromatic carbocycles. The third-order valence-electron chi connectivity index (χ3n) is 7.63. The van der Waals surface area contributed by atoms with Gasteiger partial charge in [0.15, 0.2) is 0 Å². The van der Waals surface area contributed by atoms with Crippen molar-refractivity contribution in [1.82, 2.24) is 0 Å². The molecule has 5 aromatic rings. The Balaban J connectivity index is 1.31. The van der Waals surface area contributed by atoms with E-state index in [0.717, 1.165) is 33.4 Å². The highest BCUT2D eigenvalue weighted by atomic mass is 16.3. The number of aliphatic hydroxyl groups is 1. The molecule has 6 rings (SSSR count). The van der Waals surface area contributed by atoms with Crippen LogP contribution in [0.15, 0.2) is 176 Å². The van der Waals surface area contributed by atoms with E-state index in [4.69, 9.17) is 0 Å². The van der Waals surface area contributed by atoms with Crippen LogP contribution >= 0.6 is 0 Å². The van der Waals surface area contributed by atoms with Crippen molar-refractivity contribution in [3.05, 3.63) is 199 Å². The number of aliphatic hydroxyl groups excluding tert-OH is 1. The second-order valence-electron chi connectivity index (χ2n) is 10.4. The first-order chi connectivity index (χ1) is 20.7. The zero-order valence-electron chi connectivity index (χ0n) is 23.4. The summed E-state index contributed by atoms with van der Waals surface area (Å²) in [6.45, 7) is 3.93. The Hall–Kier alpha value is -5.40. The summed E-state index contributed by atoms with van der Waals surface area (Å²) in [5.41, 5.74) is 10.8. The summed E-state index contributed by atoms with van der Waals surface area (Å²) in [6.07, 6.45) is 12.2. The normalized spacial score (nSPS) is 15.0. The van der Waals surface area contributed by atoms with Crippen molar-refractivity contribution in [3.8, 4) is 22.3 Å². The van der Waals surface area contributed by atoms with Gasteiger partial charge in [0.25, 0.3) is 0 Å². The van der Waals surface area contributed by atoms with Gasteiger partial charge in [0, 0.05) is 11.5 Å². The van der Waals surface area contributed by atoms with Crippen molar-refractivity contribution in [3.63, 3.8) is 0 Å². The molecule has 0 heterocycles. The van der Waals surface area contributed by atoms with E-state index in [-0.39, 0.29) is 11.7 Å². The molecule has 1 N–H and O–H groups in total.